The minimum absolute atomic E-state index is 0.0413. The van der Waals surface area contributed by atoms with Crippen molar-refractivity contribution in [2.75, 3.05) is 11.1 Å². The largest absolute Gasteiger partial charge is 0.411 e. The molecule has 1 aromatic heterocycles. The first-order valence-electron chi connectivity index (χ1n) is 7.28. The summed E-state index contributed by atoms with van der Waals surface area (Å²) in [6, 6.07) is 17.0. The molecule has 3 rings (SSSR count). The third kappa shape index (κ3) is 4.69. The molecule has 122 valence electrons. The van der Waals surface area contributed by atoms with Gasteiger partial charge in [0, 0.05) is 27.9 Å². The van der Waals surface area contributed by atoms with E-state index in [0.717, 1.165) is 15.7 Å². The van der Waals surface area contributed by atoms with Gasteiger partial charge in [-0.1, -0.05) is 52.0 Å². The molecule has 0 aliphatic carbocycles. The smallest absolute Gasteiger partial charge is 0.276 e. The Kier molecular flexibility index (Phi) is 5.66. The third-order valence-corrected chi connectivity index (χ3v) is 4.40. The lowest BCUT2D eigenvalue weighted by molar-refractivity contribution is -0.115. The maximum atomic E-state index is 11.9. The number of nitrogens with zero attached hydrogens (tertiary/aromatic N) is 2. The second-order valence-electron chi connectivity index (χ2n) is 4.90. The summed E-state index contributed by atoms with van der Waals surface area (Å²) in [5.74, 6) is 0.992. The number of nitrogens with one attached hydrogen (secondary N) is 1. The molecule has 1 amide bonds. The predicted molar refractivity (Wildman–Crippen MR) is 97.8 cm³/mol. The van der Waals surface area contributed by atoms with Crippen LogP contribution >= 0.6 is 27.7 Å². The molecule has 0 radical (unpaired) electrons. The van der Waals surface area contributed by atoms with Crippen LogP contribution in [-0.2, 0) is 4.79 Å². The van der Waals surface area contributed by atoms with E-state index in [9.17, 15) is 4.79 Å². The number of carbonyl (C=O) groups excluding carboxylic acids is 1. The van der Waals surface area contributed by atoms with Crippen molar-refractivity contribution in [3.8, 4) is 11.5 Å². The fourth-order valence-corrected chi connectivity index (χ4v) is 3.08. The second kappa shape index (κ2) is 8.12. The maximum absolute atomic E-state index is 11.9. The lowest BCUT2D eigenvalue weighted by atomic mass is 10.2. The molecule has 24 heavy (non-hydrogen) atoms. The Morgan fingerprint density at radius 1 is 1.12 bits per heavy atom. The normalized spacial score (nSPS) is 10.5. The van der Waals surface area contributed by atoms with Crippen molar-refractivity contribution in [3.05, 3.63) is 59.1 Å². The number of carbonyl (C=O) groups is 1. The summed E-state index contributed by atoms with van der Waals surface area (Å²) in [5, 5.41) is 11.3. The van der Waals surface area contributed by atoms with E-state index in [0.29, 0.717) is 23.3 Å². The molecular formula is C17H14BrN3O2S. The van der Waals surface area contributed by atoms with Gasteiger partial charge in [0.05, 0.1) is 0 Å². The average Bonchev–Trinajstić information content (AvgIpc) is 3.05. The first-order chi connectivity index (χ1) is 11.7. The number of thioether (sulfide) groups is 1. The van der Waals surface area contributed by atoms with Crippen LogP contribution in [0.4, 0.5) is 5.69 Å². The van der Waals surface area contributed by atoms with E-state index in [1.165, 1.54) is 11.8 Å². The maximum Gasteiger partial charge on any atom is 0.276 e. The van der Waals surface area contributed by atoms with E-state index in [1.807, 2.05) is 54.6 Å². The lowest BCUT2D eigenvalue weighted by Crippen LogP contribution is -2.11. The Labute approximate surface area is 152 Å². The molecule has 0 saturated carbocycles. The molecule has 3 aromatic rings. The van der Waals surface area contributed by atoms with Crippen LogP contribution in [0.15, 0.2) is 68.7 Å². The number of aromatic nitrogens is 2. The van der Waals surface area contributed by atoms with Gasteiger partial charge in [-0.2, -0.15) is 0 Å². The van der Waals surface area contributed by atoms with E-state index in [1.54, 1.807) is 0 Å². The van der Waals surface area contributed by atoms with Crippen molar-refractivity contribution in [2.24, 2.45) is 0 Å². The Bertz CT molecular complexity index is 823. The standard InChI is InChI=1S/C17H14BrN3O2S/c18-13-6-4-5-12(11-13)16-20-21-17(23-16)24-10-9-15(22)19-14-7-2-1-3-8-14/h1-8,11H,9-10H2,(H,19,22). The molecule has 0 unspecified atom stereocenters. The van der Waals surface area contributed by atoms with Crippen molar-refractivity contribution in [1.29, 1.82) is 0 Å². The highest BCUT2D eigenvalue weighted by molar-refractivity contribution is 9.10. The van der Waals surface area contributed by atoms with Gasteiger partial charge >= 0.3 is 0 Å². The summed E-state index contributed by atoms with van der Waals surface area (Å²) in [6.45, 7) is 0. The van der Waals surface area contributed by atoms with Crippen LogP contribution < -0.4 is 5.32 Å². The molecule has 1 heterocycles. The molecule has 0 saturated heterocycles. The van der Waals surface area contributed by atoms with Crippen molar-refractivity contribution < 1.29 is 9.21 Å². The number of hydrogen-bond donors (Lipinski definition) is 1. The van der Waals surface area contributed by atoms with E-state index in [4.69, 9.17) is 4.42 Å². The van der Waals surface area contributed by atoms with Gasteiger partial charge in [0.2, 0.25) is 11.8 Å². The highest BCUT2D eigenvalue weighted by Gasteiger charge is 2.10. The SMILES string of the molecule is O=C(CCSc1nnc(-c2cccc(Br)c2)o1)Nc1ccccc1. The number of benzene rings is 2. The number of para-hydroxylation sites is 1. The molecule has 0 fully saturated rings. The van der Waals surface area contributed by atoms with Gasteiger partial charge in [0.15, 0.2) is 0 Å². The summed E-state index contributed by atoms with van der Waals surface area (Å²) in [7, 11) is 0. The minimum Gasteiger partial charge on any atom is -0.411 e. The number of halogens is 1. The Morgan fingerprint density at radius 3 is 2.75 bits per heavy atom. The third-order valence-electron chi connectivity index (χ3n) is 3.09. The highest BCUT2D eigenvalue weighted by Crippen LogP contribution is 2.25. The van der Waals surface area contributed by atoms with E-state index >= 15 is 0 Å². The average molecular weight is 404 g/mol. The quantitative estimate of drug-likeness (QED) is 0.608. The predicted octanol–water partition coefficient (Wildman–Crippen LogP) is 4.62. The molecule has 0 bridgehead atoms. The Balaban J connectivity index is 1.50. The van der Waals surface area contributed by atoms with Gasteiger partial charge < -0.3 is 9.73 Å². The topological polar surface area (TPSA) is 68.0 Å². The van der Waals surface area contributed by atoms with Crippen molar-refractivity contribution in [1.82, 2.24) is 10.2 Å². The fraction of sp³-hybridized carbons (Fsp3) is 0.118. The van der Waals surface area contributed by atoms with Crippen LogP contribution in [0.2, 0.25) is 0 Å². The summed E-state index contributed by atoms with van der Waals surface area (Å²) >= 11 is 4.78. The monoisotopic (exact) mass is 403 g/mol. The highest BCUT2D eigenvalue weighted by atomic mass is 79.9. The van der Waals surface area contributed by atoms with E-state index in [-0.39, 0.29) is 5.91 Å². The zero-order valence-corrected chi connectivity index (χ0v) is 15.0. The van der Waals surface area contributed by atoms with Gasteiger partial charge in [-0.25, -0.2) is 0 Å². The zero-order chi connectivity index (χ0) is 16.8. The molecule has 0 spiro atoms. The lowest BCUT2D eigenvalue weighted by Gasteiger charge is -2.03. The second-order valence-corrected chi connectivity index (χ2v) is 6.86. The molecule has 7 heteroatoms. The summed E-state index contributed by atoms with van der Waals surface area (Å²) in [4.78, 5) is 11.9. The molecule has 5 nitrogen and oxygen atoms in total. The molecule has 0 aliphatic heterocycles. The summed E-state index contributed by atoms with van der Waals surface area (Å²) < 4.78 is 6.56. The Morgan fingerprint density at radius 2 is 1.96 bits per heavy atom. The van der Waals surface area contributed by atoms with Gasteiger partial charge in [-0.3, -0.25) is 4.79 Å². The van der Waals surface area contributed by atoms with Crippen LogP contribution in [0.25, 0.3) is 11.5 Å². The number of rotatable bonds is 6. The van der Waals surface area contributed by atoms with Crippen LogP contribution in [0, 0.1) is 0 Å². The fourth-order valence-electron chi connectivity index (χ4n) is 1.98. The number of hydrogen-bond acceptors (Lipinski definition) is 5. The van der Waals surface area contributed by atoms with Gasteiger partial charge in [0.25, 0.3) is 5.22 Å². The zero-order valence-electron chi connectivity index (χ0n) is 12.6. The molecular weight excluding hydrogens is 390 g/mol. The van der Waals surface area contributed by atoms with Crippen molar-refractivity contribution in [3.63, 3.8) is 0 Å². The van der Waals surface area contributed by atoms with Crippen LogP contribution in [0.5, 0.6) is 0 Å². The van der Waals surface area contributed by atoms with Crippen LogP contribution in [-0.4, -0.2) is 21.9 Å². The first-order valence-corrected chi connectivity index (χ1v) is 9.06. The van der Waals surface area contributed by atoms with E-state index < -0.39 is 0 Å². The molecule has 2 aromatic carbocycles. The summed E-state index contributed by atoms with van der Waals surface area (Å²) in [5.41, 5.74) is 1.65. The van der Waals surface area contributed by atoms with Crippen LogP contribution in [0.3, 0.4) is 0 Å². The van der Waals surface area contributed by atoms with Gasteiger partial charge in [-0.05, 0) is 30.3 Å². The van der Waals surface area contributed by atoms with Crippen LogP contribution in [0.1, 0.15) is 6.42 Å². The van der Waals surface area contributed by atoms with E-state index in [2.05, 4.69) is 31.4 Å². The molecule has 0 aliphatic rings. The first kappa shape index (κ1) is 16.7. The van der Waals surface area contributed by atoms with Gasteiger partial charge in [-0.15, -0.1) is 10.2 Å². The Hall–Kier alpha value is -2.12. The summed E-state index contributed by atoms with van der Waals surface area (Å²) in [6.07, 6.45) is 0.369. The van der Waals surface area contributed by atoms with Crippen molar-refractivity contribution in [2.45, 2.75) is 11.6 Å². The minimum atomic E-state index is -0.0413. The van der Waals surface area contributed by atoms with Gasteiger partial charge in [0.1, 0.15) is 0 Å². The molecule has 0 atom stereocenters. The van der Waals surface area contributed by atoms with Crippen molar-refractivity contribution >= 4 is 39.3 Å². The molecule has 1 N–H and O–H groups in total. The number of amides is 1. The number of anilines is 1.